The number of aromatic hydroxyl groups is 3. The second-order valence-corrected chi connectivity index (χ2v) is 7.30. The minimum absolute atomic E-state index is 0.0140. The average molecular weight is 380 g/mol. The van der Waals surface area contributed by atoms with Crippen molar-refractivity contribution in [2.45, 2.75) is 58.7 Å². The largest absolute Gasteiger partial charge is 0.504 e. The van der Waals surface area contributed by atoms with Crippen LogP contribution in [-0.4, -0.2) is 44.9 Å². The van der Waals surface area contributed by atoms with Gasteiger partial charge in [0.15, 0.2) is 23.0 Å². The quantitative estimate of drug-likeness (QED) is 0.260. The molecule has 1 atom stereocenters. The van der Waals surface area contributed by atoms with E-state index in [0.29, 0.717) is 18.4 Å². The fourth-order valence-corrected chi connectivity index (χ4v) is 2.28. The molecule has 7 heteroatoms. The third kappa shape index (κ3) is 5.72. The molecular weight excluding hydrogens is 352 g/mol. The third-order valence-electron chi connectivity index (χ3n) is 4.33. The molecule has 27 heavy (non-hydrogen) atoms. The number of carbonyl (C=O) groups excluding carboxylic acids is 2. The van der Waals surface area contributed by atoms with Gasteiger partial charge in [-0.25, -0.2) is 4.79 Å². The zero-order valence-electron chi connectivity index (χ0n) is 16.5. The number of benzene rings is 1. The van der Waals surface area contributed by atoms with Crippen molar-refractivity contribution in [3.63, 3.8) is 0 Å². The standard InChI is InChI=1S/C20H28O7/c1-7-20(6,17(24)13-10-14(21)16(23)15(22)11-13)26-9-8-19(4,5)27-18(25)12(2)3/h10-11,21-23H,2,7-9H2,1,3-6H3/t20-/m0/s1. The van der Waals surface area contributed by atoms with Gasteiger partial charge >= 0.3 is 5.97 Å². The number of hydrogen-bond donors (Lipinski definition) is 3. The molecular formula is C20H28O7. The highest BCUT2D eigenvalue weighted by Crippen LogP contribution is 2.37. The zero-order chi connectivity index (χ0) is 21.0. The molecule has 0 amide bonds. The first-order valence-electron chi connectivity index (χ1n) is 8.65. The van der Waals surface area contributed by atoms with Crippen LogP contribution in [-0.2, 0) is 14.3 Å². The molecule has 1 aromatic carbocycles. The molecule has 0 aliphatic heterocycles. The average Bonchev–Trinajstić information content (AvgIpc) is 2.57. The van der Waals surface area contributed by atoms with Gasteiger partial charge in [-0.2, -0.15) is 0 Å². The van der Waals surface area contributed by atoms with E-state index in [4.69, 9.17) is 9.47 Å². The van der Waals surface area contributed by atoms with Crippen LogP contribution < -0.4 is 0 Å². The number of ether oxygens (including phenoxy) is 2. The molecule has 0 unspecified atom stereocenters. The monoisotopic (exact) mass is 380 g/mol. The van der Waals surface area contributed by atoms with Crippen molar-refractivity contribution in [2.75, 3.05) is 6.61 Å². The highest BCUT2D eigenvalue weighted by atomic mass is 16.6. The van der Waals surface area contributed by atoms with Crippen molar-refractivity contribution in [2.24, 2.45) is 0 Å². The molecule has 0 aliphatic rings. The number of Topliss-reactive ketones (excluding diaryl/α,β-unsaturated/α-hetero) is 1. The van der Waals surface area contributed by atoms with Crippen LogP contribution in [0.2, 0.25) is 0 Å². The van der Waals surface area contributed by atoms with E-state index in [1.807, 2.05) is 0 Å². The summed E-state index contributed by atoms with van der Waals surface area (Å²) in [5.41, 5.74) is -1.71. The SMILES string of the molecule is C=C(C)C(=O)OC(C)(C)CCO[C@@](C)(CC)C(=O)c1cc(O)c(O)c(O)c1. The molecule has 0 radical (unpaired) electrons. The molecule has 1 rings (SSSR count). The Balaban J connectivity index is 2.85. The van der Waals surface area contributed by atoms with E-state index < -0.39 is 40.2 Å². The maximum absolute atomic E-state index is 12.8. The molecule has 0 spiro atoms. The van der Waals surface area contributed by atoms with E-state index in [9.17, 15) is 24.9 Å². The molecule has 3 N–H and O–H groups in total. The number of carbonyl (C=O) groups is 2. The van der Waals surface area contributed by atoms with Gasteiger partial charge in [-0.3, -0.25) is 4.79 Å². The summed E-state index contributed by atoms with van der Waals surface area (Å²) in [5.74, 6) is -2.82. The predicted octanol–water partition coefficient (Wildman–Crippen LogP) is 3.46. The number of phenolic OH excluding ortho intramolecular Hbond substituents is 3. The maximum Gasteiger partial charge on any atom is 0.333 e. The Labute approximate surface area is 159 Å². The van der Waals surface area contributed by atoms with Crippen molar-refractivity contribution in [3.05, 3.63) is 29.8 Å². The van der Waals surface area contributed by atoms with Crippen molar-refractivity contribution in [1.82, 2.24) is 0 Å². The Morgan fingerprint density at radius 3 is 2.07 bits per heavy atom. The lowest BCUT2D eigenvalue weighted by molar-refractivity contribution is -0.153. The number of esters is 1. The van der Waals surface area contributed by atoms with Gasteiger partial charge in [-0.1, -0.05) is 13.5 Å². The first-order valence-corrected chi connectivity index (χ1v) is 8.65. The maximum atomic E-state index is 12.8. The summed E-state index contributed by atoms with van der Waals surface area (Å²) < 4.78 is 11.1. The van der Waals surface area contributed by atoms with Crippen LogP contribution in [0.15, 0.2) is 24.3 Å². The van der Waals surface area contributed by atoms with Crippen molar-refractivity contribution in [3.8, 4) is 17.2 Å². The van der Waals surface area contributed by atoms with E-state index >= 15 is 0 Å². The number of phenols is 3. The number of hydrogen-bond acceptors (Lipinski definition) is 7. The van der Waals surface area contributed by atoms with E-state index in [1.165, 1.54) is 0 Å². The summed E-state index contributed by atoms with van der Waals surface area (Å²) in [6.07, 6.45) is 0.682. The number of ketones is 1. The van der Waals surface area contributed by atoms with Crippen molar-refractivity contribution in [1.29, 1.82) is 0 Å². The predicted molar refractivity (Wildman–Crippen MR) is 100 cm³/mol. The van der Waals surface area contributed by atoms with Gasteiger partial charge in [0.1, 0.15) is 11.2 Å². The molecule has 0 heterocycles. The van der Waals surface area contributed by atoms with Crippen LogP contribution in [0.4, 0.5) is 0 Å². The fraction of sp³-hybridized carbons (Fsp3) is 0.500. The molecule has 7 nitrogen and oxygen atoms in total. The smallest absolute Gasteiger partial charge is 0.333 e. The first kappa shape index (κ1) is 22.5. The summed E-state index contributed by atoms with van der Waals surface area (Å²) in [5, 5.41) is 28.7. The lowest BCUT2D eigenvalue weighted by Gasteiger charge is -2.30. The second-order valence-electron chi connectivity index (χ2n) is 7.30. The molecule has 0 bridgehead atoms. The third-order valence-corrected chi connectivity index (χ3v) is 4.33. The van der Waals surface area contributed by atoms with Crippen LogP contribution in [0.1, 0.15) is 57.8 Å². The van der Waals surface area contributed by atoms with E-state index in [0.717, 1.165) is 12.1 Å². The minimum Gasteiger partial charge on any atom is -0.504 e. The second kappa shape index (κ2) is 8.43. The molecule has 0 fully saturated rings. The van der Waals surface area contributed by atoms with Crippen molar-refractivity contribution < 1.29 is 34.4 Å². The van der Waals surface area contributed by atoms with Gasteiger partial charge in [-0.05, 0) is 46.2 Å². The molecule has 0 saturated carbocycles. The van der Waals surface area contributed by atoms with Crippen LogP contribution in [0, 0.1) is 0 Å². The Bertz CT molecular complexity index is 713. The first-order chi connectivity index (χ1) is 12.3. The zero-order valence-corrected chi connectivity index (χ0v) is 16.5. The van der Waals surface area contributed by atoms with E-state index in [2.05, 4.69) is 6.58 Å². The molecule has 0 aromatic heterocycles. The summed E-state index contributed by atoms with van der Waals surface area (Å²) in [6, 6.07) is 2.15. The lowest BCUT2D eigenvalue weighted by atomic mass is 9.91. The normalized spacial score (nSPS) is 13.7. The van der Waals surface area contributed by atoms with Crippen LogP contribution in [0.3, 0.4) is 0 Å². The van der Waals surface area contributed by atoms with Crippen LogP contribution >= 0.6 is 0 Å². The van der Waals surface area contributed by atoms with Gasteiger partial charge in [0, 0.05) is 17.6 Å². The topological polar surface area (TPSA) is 113 Å². The Morgan fingerprint density at radius 2 is 1.63 bits per heavy atom. The van der Waals surface area contributed by atoms with Gasteiger partial charge in [0.2, 0.25) is 0 Å². The van der Waals surface area contributed by atoms with E-state index in [1.54, 1.807) is 34.6 Å². The molecule has 150 valence electrons. The van der Waals surface area contributed by atoms with Crippen LogP contribution in [0.5, 0.6) is 17.2 Å². The summed E-state index contributed by atoms with van der Waals surface area (Å²) in [6.45, 7) is 12.1. The van der Waals surface area contributed by atoms with Crippen LogP contribution in [0.25, 0.3) is 0 Å². The summed E-state index contributed by atoms with van der Waals surface area (Å²) >= 11 is 0. The molecule has 1 aromatic rings. The Hall–Kier alpha value is -2.54. The minimum atomic E-state index is -1.22. The summed E-state index contributed by atoms with van der Waals surface area (Å²) in [7, 11) is 0. The Morgan fingerprint density at radius 1 is 1.11 bits per heavy atom. The van der Waals surface area contributed by atoms with Gasteiger partial charge in [-0.15, -0.1) is 0 Å². The van der Waals surface area contributed by atoms with Gasteiger partial charge in [0.05, 0.1) is 6.61 Å². The Kier molecular flexibility index (Phi) is 7.03. The molecule has 0 saturated heterocycles. The lowest BCUT2D eigenvalue weighted by Crippen LogP contribution is -2.40. The number of rotatable bonds is 9. The highest BCUT2D eigenvalue weighted by molar-refractivity contribution is 6.03. The van der Waals surface area contributed by atoms with Crippen molar-refractivity contribution >= 4 is 11.8 Å². The molecule has 0 aliphatic carbocycles. The van der Waals surface area contributed by atoms with Gasteiger partial charge in [0.25, 0.3) is 0 Å². The van der Waals surface area contributed by atoms with Gasteiger partial charge < -0.3 is 24.8 Å². The summed E-state index contributed by atoms with van der Waals surface area (Å²) in [4.78, 5) is 24.5. The fourth-order valence-electron chi connectivity index (χ4n) is 2.28. The van der Waals surface area contributed by atoms with E-state index in [-0.39, 0.29) is 12.2 Å². The highest BCUT2D eigenvalue weighted by Gasteiger charge is 2.35.